The maximum Gasteiger partial charge on any atom is 0.124 e. The number of aliphatic imine (C=N–C) groups is 2. The summed E-state index contributed by atoms with van der Waals surface area (Å²) in [6, 6.07) is 0. The van der Waals surface area contributed by atoms with Crippen LogP contribution >= 0.6 is 0 Å². The van der Waals surface area contributed by atoms with Gasteiger partial charge in [0.2, 0.25) is 0 Å². The van der Waals surface area contributed by atoms with Crippen molar-refractivity contribution < 1.29 is 0 Å². The quantitative estimate of drug-likeness (QED) is 0.465. The standard InChI is InChI=1S/C7H13N3/c1-4-6(2)7(8)10-5-9-3/h5H,3-4,8H2,1-2H3/b7-6+,10-5?. The summed E-state index contributed by atoms with van der Waals surface area (Å²) in [6.45, 7) is 7.21. The monoisotopic (exact) mass is 139 g/mol. The molecule has 0 aliphatic rings. The van der Waals surface area contributed by atoms with E-state index in [0.717, 1.165) is 12.0 Å². The molecule has 0 fully saturated rings. The zero-order valence-electron chi connectivity index (χ0n) is 6.46. The molecule has 0 amide bonds. The molecule has 0 aliphatic carbocycles. The molecule has 0 atom stereocenters. The van der Waals surface area contributed by atoms with Crippen molar-refractivity contribution in [3.8, 4) is 0 Å². The first-order valence-corrected chi connectivity index (χ1v) is 3.16. The molecule has 0 aliphatic heterocycles. The summed E-state index contributed by atoms with van der Waals surface area (Å²) in [5, 5.41) is 0. The summed E-state index contributed by atoms with van der Waals surface area (Å²) in [5.41, 5.74) is 6.58. The van der Waals surface area contributed by atoms with Crippen LogP contribution in [-0.4, -0.2) is 13.1 Å². The summed E-state index contributed by atoms with van der Waals surface area (Å²) in [7, 11) is 0. The minimum absolute atomic E-state index is 0.537. The molecule has 0 saturated carbocycles. The first kappa shape index (κ1) is 8.88. The lowest BCUT2D eigenvalue weighted by Gasteiger charge is -1.96. The summed E-state index contributed by atoms with van der Waals surface area (Å²) < 4.78 is 0. The SMILES string of the molecule is C=NC=N/C(N)=C(\C)CC. The summed E-state index contributed by atoms with van der Waals surface area (Å²) >= 11 is 0. The Labute approximate surface area is 61.4 Å². The van der Waals surface area contributed by atoms with Crippen LogP contribution in [0.25, 0.3) is 0 Å². The van der Waals surface area contributed by atoms with E-state index in [-0.39, 0.29) is 0 Å². The van der Waals surface area contributed by atoms with Crippen molar-refractivity contribution in [1.82, 2.24) is 0 Å². The number of allylic oxidation sites excluding steroid dienone is 1. The molecule has 0 bridgehead atoms. The van der Waals surface area contributed by atoms with Gasteiger partial charge in [0, 0.05) is 0 Å². The van der Waals surface area contributed by atoms with E-state index >= 15 is 0 Å². The number of nitrogens with two attached hydrogens (primary N) is 1. The second kappa shape index (κ2) is 4.73. The van der Waals surface area contributed by atoms with E-state index < -0.39 is 0 Å². The Bertz CT molecular complexity index is 168. The Balaban J connectivity index is 4.17. The molecule has 3 nitrogen and oxygen atoms in total. The van der Waals surface area contributed by atoms with Gasteiger partial charge in [0.05, 0.1) is 0 Å². The molecule has 0 unspecified atom stereocenters. The molecule has 10 heavy (non-hydrogen) atoms. The second-order valence-electron chi connectivity index (χ2n) is 1.95. The highest BCUT2D eigenvalue weighted by Crippen LogP contribution is 2.02. The number of nitrogens with zero attached hydrogens (tertiary/aromatic N) is 2. The Kier molecular flexibility index (Phi) is 4.20. The predicted molar refractivity (Wildman–Crippen MR) is 45.2 cm³/mol. The van der Waals surface area contributed by atoms with Crippen LogP contribution in [0.3, 0.4) is 0 Å². The lowest BCUT2D eigenvalue weighted by atomic mass is 10.2. The van der Waals surface area contributed by atoms with E-state index in [4.69, 9.17) is 5.73 Å². The molecular weight excluding hydrogens is 126 g/mol. The van der Waals surface area contributed by atoms with Crippen LogP contribution in [0.4, 0.5) is 0 Å². The highest BCUT2D eigenvalue weighted by molar-refractivity contribution is 5.63. The van der Waals surface area contributed by atoms with Crippen molar-refractivity contribution in [3.63, 3.8) is 0 Å². The number of hydrogen-bond acceptors (Lipinski definition) is 2. The van der Waals surface area contributed by atoms with Crippen molar-refractivity contribution in [2.24, 2.45) is 15.7 Å². The molecule has 0 spiro atoms. The van der Waals surface area contributed by atoms with Crippen LogP contribution in [0.1, 0.15) is 20.3 Å². The van der Waals surface area contributed by atoms with Crippen molar-refractivity contribution >= 4 is 13.1 Å². The van der Waals surface area contributed by atoms with Crippen LogP contribution in [0.15, 0.2) is 21.4 Å². The van der Waals surface area contributed by atoms with Crippen molar-refractivity contribution in [2.75, 3.05) is 0 Å². The second-order valence-corrected chi connectivity index (χ2v) is 1.95. The number of rotatable bonds is 3. The van der Waals surface area contributed by atoms with E-state index in [9.17, 15) is 0 Å². The zero-order chi connectivity index (χ0) is 7.98. The molecule has 0 aromatic rings. The largest absolute Gasteiger partial charge is 0.384 e. The van der Waals surface area contributed by atoms with E-state index in [1.54, 1.807) is 0 Å². The van der Waals surface area contributed by atoms with Crippen LogP contribution in [0.2, 0.25) is 0 Å². The molecular formula is C7H13N3. The molecule has 0 rings (SSSR count). The van der Waals surface area contributed by atoms with Gasteiger partial charge in [0.1, 0.15) is 12.2 Å². The fraction of sp³-hybridized carbons (Fsp3) is 0.429. The van der Waals surface area contributed by atoms with Crippen LogP contribution in [0.5, 0.6) is 0 Å². The van der Waals surface area contributed by atoms with Gasteiger partial charge in [0.15, 0.2) is 0 Å². The predicted octanol–water partition coefficient (Wildman–Crippen LogP) is 1.32. The van der Waals surface area contributed by atoms with Crippen molar-refractivity contribution in [2.45, 2.75) is 20.3 Å². The smallest absolute Gasteiger partial charge is 0.124 e. The Morgan fingerprint density at radius 1 is 1.70 bits per heavy atom. The summed E-state index contributed by atoms with van der Waals surface area (Å²) in [5.74, 6) is 0.537. The third kappa shape index (κ3) is 3.02. The topological polar surface area (TPSA) is 50.7 Å². The molecule has 56 valence electrons. The van der Waals surface area contributed by atoms with Crippen molar-refractivity contribution in [1.29, 1.82) is 0 Å². The van der Waals surface area contributed by atoms with Gasteiger partial charge in [-0.15, -0.1) is 0 Å². The van der Waals surface area contributed by atoms with E-state index in [1.807, 2.05) is 13.8 Å². The molecule has 0 radical (unpaired) electrons. The van der Waals surface area contributed by atoms with Crippen molar-refractivity contribution in [3.05, 3.63) is 11.4 Å². The fourth-order valence-corrected chi connectivity index (χ4v) is 0.394. The first-order valence-electron chi connectivity index (χ1n) is 3.16. The zero-order valence-corrected chi connectivity index (χ0v) is 6.46. The van der Waals surface area contributed by atoms with E-state index in [1.165, 1.54) is 6.34 Å². The Hall–Kier alpha value is -1.12. The van der Waals surface area contributed by atoms with Gasteiger partial charge in [-0.1, -0.05) is 6.92 Å². The molecule has 0 saturated heterocycles. The maximum atomic E-state index is 5.51. The van der Waals surface area contributed by atoms with Gasteiger partial charge in [-0.05, 0) is 25.6 Å². The van der Waals surface area contributed by atoms with Gasteiger partial charge in [-0.2, -0.15) is 0 Å². The average Bonchev–Trinajstić information content (AvgIpc) is 1.98. The fourth-order valence-electron chi connectivity index (χ4n) is 0.394. The van der Waals surface area contributed by atoms with Crippen LogP contribution < -0.4 is 5.73 Å². The molecule has 0 heterocycles. The summed E-state index contributed by atoms with van der Waals surface area (Å²) in [6.07, 6.45) is 2.26. The minimum atomic E-state index is 0.537. The molecule has 2 N–H and O–H groups in total. The maximum absolute atomic E-state index is 5.51. The van der Waals surface area contributed by atoms with E-state index in [0.29, 0.717) is 5.82 Å². The number of hydrogen-bond donors (Lipinski definition) is 1. The van der Waals surface area contributed by atoms with Gasteiger partial charge < -0.3 is 5.73 Å². The third-order valence-electron chi connectivity index (χ3n) is 1.25. The van der Waals surface area contributed by atoms with E-state index in [2.05, 4.69) is 16.7 Å². The Morgan fingerprint density at radius 2 is 2.30 bits per heavy atom. The first-order chi connectivity index (χ1) is 4.72. The van der Waals surface area contributed by atoms with Gasteiger partial charge >= 0.3 is 0 Å². The highest BCUT2D eigenvalue weighted by Gasteiger charge is 1.89. The average molecular weight is 139 g/mol. The highest BCUT2D eigenvalue weighted by atomic mass is 14.9. The van der Waals surface area contributed by atoms with Crippen LogP contribution in [0, 0.1) is 0 Å². The lowest BCUT2D eigenvalue weighted by molar-refractivity contribution is 1.02. The molecule has 0 aromatic carbocycles. The Morgan fingerprint density at radius 3 is 2.70 bits per heavy atom. The minimum Gasteiger partial charge on any atom is -0.384 e. The van der Waals surface area contributed by atoms with Crippen LogP contribution in [-0.2, 0) is 0 Å². The lowest BCUT2D eigenvalue weighted by Crippen LogP contribution is -1.97. The van der Waals surface area contributed by atoms with Gasteiger partial charge in [-0.25, -0.2) is 4.99 Å². The third-order valence-corrected chi connectivity index (χ3v) is 1.25. The molecule has 3 heteroatoms. The normalized spacial score (nSPS) is 13.4. The molecule has 0 aromatic heterocycles. The summed E-state index contributed by atoms with van der Waals surface area (Å²) in [4.78, 5) is 7.25. The van der Waals surface area contributed by atoms with Gasteiger partial charge in [-0.3, -0.25) is 4.99 Å². The van der Waals surface area contributed by atoms with Gasteiger partial charge in [0.25, 0.3) is 0 Å².